The third-order valence-electron chi connectivity index (χ3n) is 1.63. The van der Waals surface area contributed by atoms with Gasteiger partial charge in [-0.25, -0.2) is 4.39 Å². The lowest BCUT2D eigenvalue weighted by atomic mass is 10.1. The number of carbonyl (C=O) groups excluding carboxylic acids is 1. The van der Waals surface area contributed by atoms with Crippen LogP contribution in [0.5, 0.6) is 0 Å². The van der Waals surface area contributed by atoms with Crippen LogP contribution >= 0.6 is 11.6 Å². The van der Waals surface area contributed by atoms with E-state index in [-0.39, 0.29) is 23.4 Å². The lowest BCUT2D eigenvalue weighted by Crippen LogP contribution is -2.05. The topological polar surface area (TPSA) is 17.1 Å². The van der Waals surface area contributed by atoms with Crippen LogP contribution in [0.25, 0.3) is 0 Å². The smallest absolute Gasteiger partial charge is 0.164 e. The third kappa shape index (κ3) is 3.15. The number of ketones is 1. The molecule has 0 amide bonds. The molecule has 1 aromatic carbocycles. The maximum Gasteiger partial charge on any atom is 0.164 e. The first-order chi connectivity index (χ1) is 6.09. The van der Waals surface area contributed by atoms with E-state index >= 15 is 0 Å². The first-order valence-electron chi connectivity index (χ1n) is 4.02. The first-order valence-corrected chi connectivity index (χ1v) is 4.46. The molecule has 0 bridgehead atoms. The highest BCUT2D eigenvalue weighted by molar-refractivity contribution is 6.22. The number of benzene rings is 1. The van der Waals surface area contributed by atoms with Crippen LogP contribution in [0.4, 0.5) is 4.39 Å². The van der Waals surface area contributed by atoms with Gasteiger partial charge >= 0.3 is 0 Å². The van der Waals surface area contributed by atoms with E-state index in [1.807, 2.05) is 0 Å². The summed E-state index contributed by atoms with van der Waals surface area (Å²) in [5, 5.41) is -0.183. The van der Waals surface area contributed by atoms with E-state index in [1.54, 1.807) is 6.92 Å². The molecule has 1 rings (SSSR count). The van der Waals surface area contributed by atoms with Gasteiger partial charge in [-0.15, -0.1) is 11.6 Å². The molecule has 1 atom stereocenters. The first kappa shape index (κ1) is 10.2. The van der Waals surface area contributed by atoms with Gasteiger partial charge in [0, 0.05) is 17.4 Å². The van der Waals surface area contributed by atoms with E-state index in [4.69, 9.17) is 11.6 Å². The molecule has 0 aliphatic rings. The molecule has 1 nitrogen and oxygen atoms in total. The van der Waals surface area contributed by atoms with Crippen molar-refractivity contribution in [3.05, 3.63) is 35.6 Å². The van der Waals surface area contributed by atoms with Gasteiger partial charge in [0.05, 0.1) is 0 Å². The molecule has 1 aromatic rings. The fourth-order valence-electron chi connectivity index (χ4n) is 1.01. The Kier molecular flexibility index (Phi) is 3.43. The molecule has 0 aliphatic carbocycles. The van der Waals surface area contributed by atoms with Gasteiger partial charge in [0.25, 0.3) is 0 Å². The summed E-state index contributed by atoms with van der Waals surface area (Å²) in [7, 11) is 0. The monoisotopic (exact) mass is 200 g/mol. The van der Waals surface area contributed by atoms with Crippen LogP contribution in [0.2, 0.25) is 0 Å². The molecule has 13 heavy (non-hydrogen) atoms. The van der Waals surface area contributed by atoms with E-state index in [0.29, 0.717) is 5.56 Å². The van der Waals surface area contributed by atoms with Gasteiger partial charge in [-0.3, -0.25) is 4.79 Å². The zero-order valence-corrected chi connectivity index (χ0v) is 8.01. The zero-order chi connectivity index (χ0) is 9.84. The summed E-state index contributed by atoms with van der Waals surface area (Å²) >= 11 is 5.66. The number of carbonyl (C=O) groups is 1. The minimum absolute atomic E-state index is 0.0532. The van der Waals surface area contributed by atoms with Crippen molar-refractivity contribution in [2.24, 2.45) is 0 Å². The molecular formula is C10H10ClFO. The predicted molar refractivity (Wildman–Crippen MR) is 50.7 cm³/mol. The van der Waals surface area contributed by atoms with Crippen molar-refractivity contribution in [1.29, 1.82) is 0 Å². The van der Waals surface area contributed by atoms with Gasteiger partial charge in [0.15, 0.2) is 5.78 Å². The summed E-state index contributed by atoms with van der Waals surface area (Å²) in [4.78, 5) is 11.4. The Balaban J connectivity index is 2.72. The van der Waals surface area contributed by atoms with E-state index < -0.39 is 0 Å². The lowest BCUT2D eigenvalue weighted by Gasteiger charge is -2.01. The van der Waals surface area contributed by atoms with Crippen molar-refractivity contribution in [3.8, 4) is 0 Å². The molecule has 0 aliphatic heterocycles. The molecule has 70 valence electrons. The van der Waals surface area contributed by atoms with Crippen LogP contribution in [-0.2, 0) is 0 Å². The molecule has 0 N–H and O–H groups in total. The third-order valence-corrected chi connectivity index (χ3v) is 1.79. The van der Waals surface area contributed by atoms with Crippen molar-refractivity contribution in [2.75, 3.05) is 0 Å². The second-order valence-electron chi connectivity index (χ2n) is 2.91. The quantitative estimate of drug-likeness (QED) is 0.542. The summed E-state index contributed by atoms with van der Waals surface area (Å²) in [6.45, 7) is 1.75. The van der Waals surface area contributed by atoms with Crippen molar-refractivity contribution in [1.82, 2.24) is 0 Å². The van der Waals surface area contributed by atoms with Crippen LogP contribution in [0.15, 0.2) is 24.3 Å². The van der Waals surface area contributed by atoms with Gasteiger partial charge < -0.3 is 0 Å². The van der Waals surface area contributed by atoms with Gasteiger partial charge in [-0.1, -0.05) is 0 Å². The summed E-state index contributed by atoms with van der Waals surface area (Å²) in [6.07, 6.45) is 0.285. The molecule has 0 saturated heterocycles. The summed E-state index contributed by atoms with van der Waals surface area (Å²) < 4.78 is 12.5. The second-order valence-corrected chi connectivity index (χ2v) is 3.66. The van der Waals surface area contributed by atoms with Crippen molar-refractivity contribution in [3.63, 3.8) is 0 Å². The number of hydrogen-bond donors (Lipinski definition) is 0. The highest BCUT2D eigenvalue weighted by Crippen LogP contribution is 2.09. The zero-order valence-electron chi connectivity index (χ0n) is 7.26. The van der Waals surface area contributed by atoms with Gasteiger partial charge in [0.1, 0.15) is 5.82 Å². The Morgan fingerprint density at radius 1 is 1.46 bits per heavy atom. The van der Waals surface area contributed by atoms with Gasteiger partial charge in [-0.2, -0.15) is 0 Å². The van der Waals surface area contributed by atoms with Gasteiger partial charge in [0.2, 0.25) is 0 Å². The number of Topliss-reactive ketones (excluding diaryl/α,β-unsaturated/α-hetero) is 1. The standard InChI is InChI=1S/C10H10ClFO/c1-7(11)6-10(13)8-2-4-9(12)5-3-8/h2-5,7H,6H2,1H3/t7-/m1/s1. The minimum Gasteiger partial charge on any atom is -0.294 e. The molecule has 0 heterocycles. The normalized spacial score (nSPS) is 12.5. The molecule has 0 fully saturated rings. The highest BCUT2D eigenvalue weighted by Gasteiger charge is 2.08. The average Bonchev–Trinajstić information content (AvgIpc) is 2.04. The molecule has 0 unspecified atom stereocenters. The van der Waals surface area contributed by atoms with E-state index in [9.17, 15) is 9.18 Å². The van der Waals surface area contributed by atoms with Crippen molar-refractivity contribution >= 4 is 17.4 Å². The number of rotatable bonds is 3. The fraction of sp³-hybridized carbons (Fsp3) is 0.300. The van der Waals surface area contributed by atoms with E-state index in [1.165, 1.54) is 24.3 Å². The molecular weight excluding hydrogens is 191 g/mol. The van der Waals surface area contributed by atoms with Gasteiger partial charge in [-0.05, 0) is 31.2 Å². The van der Waals surface area contributed by atoms with Crippen LogP contribution in [0.1, 0.15) is 23.7 Å². The highest BCUT2D eigenvalue weighted by atomic mass is 35.5. The fourth-order valence-corrected chi connectivity index (χ4v) is 1.15. The number of hydrogen-bond acceptors (Lipinski definition) is 1. The maximum absolute atomic E-state index is 12.5. The predicted octanol–water partition coefficient (Wildman–Crippen LogP) is 3.03. The lowest BCUT2D eigenvalue weighted by molar-refractivity contribution is 0.0983. The Labute approximate surface area is 81.5 Å². The van der Waals surface area contributed by atoms with Crippen LogP contribution in [-0.4, -0.2) is 11.2 Å². The summed E-state index contributed by atoms with van der Waals surface area (Å²) in [5.74, 6) is -0.391. The number of alkyl halides is 1. The molecule has 0 aromatic heterocycles. The largest absolute Gasteiger partial charge is 0.294 e. The van der Waals surface area contributed by atoms with Crippen molar-refractivity contribution < 1.29 is 9.18 Å². The van der Waals surface area contributed by atoms with E-state index in [0.717, 1.165) is 0 Å². The molecule has 0 radical (unpaired) electrons. The molecule has 0 spiro atoms. The Hall–Kier alpha value is -0.890. The molecule has 3 heteroatoms. The SMILES string of the molecule is C[C@@H](Cl)CC(=O)c1ccc(F)cc1. The van der Waals surface area contributed by atoms with Crippen LogP contribution < -0.4 is 0 Å². The maximum atomic E-state index is 12.5. The molecule has 0 saturated carbocycles. The van der Waals surface area contributed by atoms with E-state index in [2.05, 4.69) is 0 Å². The number of halogens is 2. The Morgan fingerprint density at radius 2 is 2.00 bits per heavy atom. The Bertz CT molecular complexity index is 292. The minimum atomic E-state index is -0.338. The summed E-state index contributed by atoms with van der Waals surface area (Å²) in [6, 6.07) is 5.48. The van der Waals surface area contributed by atoms with Crippen LogP contribution in [0.3, 0.4) is 0 Å². The van der Waals surface area contributed by atoms with Crippen LogP contribution in [0, 0.1) is 5.82 Å². The van der Waals surface area contributed by atoms with Crippen molar-refractivity contribution in [2.45, 2.75) is 18.7 Å². The Morgan fingerprint density at radius 3 is 2.46 bits per heavy atom. The summed E-state index contributed by atoms with van der Waals surface area (Å²) in [5.41, 5.74) is 0.508. The second kappa shape index (κ2) is 4.38. The average molecular weight is 201 g/mol.